The maximum atomic E-state index is 3.94. The van der Waals surface area contributed by atoms with Crippen molar-refractivity contribution in [2.75, 3.05) is 4.90 Å². The number of nitrogens with one attached hydrogen (secondary N) is 1. The number of rotatable bonds is 3. The number of H-pyrrole nitrogens is 1. The zero-order valence-corrected chi connectivity index (χ0v) is 26.7. The predicted molar refractivity (Wildman–Crippen MR) is 194 cm³/mol. The summed E-state index contributed by atoms with van der Waals surface area (Å²) in [6.07, 6.45) is 0. The number of benzene rings is 6. The van der Waals surface area contributed by atoms with Crippen molar-refractivity contribution in [1.29, 1.82) is 0 Å². The van der Waals surface area contributed by atoms with Gasteiger partial charge in [0, 0.05) is 33.0 Å². The van der Waals surface area contributed by atoms with Gasteiger partial charge in [0.15, 0.2) is 0 Å². The lowest BCUT2D eigenvalue weighted by molar-refractivity contribution is 0.632. The highest BCUT2D eigenvalue weighted by atomic mass is 15.2. The molecule has 1 N–H and O–H groups in total. The van der Waals surface area contributed by atoms with E-state index in [0.29, 0.717) is 0 Å². The summed E-state index contributed by atoms with van der Waals surface area (Å²) in [4.78, 5) is 6.41. The molecule has 0 fully saturated rings. The maximum absolute atomic E-state index is 3.94. The molecule has 2 heteroatoms. The van der Waals surface area contributed by atoms with Gasteiger partial charge in [-0.3, -0.25) is 0 Å². The van der Waals surface area contributed by atoms with Crippen molar-refractivity contribution < 1.29 is 0 Å². The molecule has 0 saturated heterocycles. The molecule has 7 aromatic rings. The van der Waals surface area contributed by atoms with Crippen molar-refractivity contribution >= 4 is 28.0 Å². The number of hydrogen-bond donors (Lipinski definition) is 1. The molecule has 0 amide bonds. The van der Waals surface area contributed by atoms with Gasteiger partial charge >= 0.3 is 0 Å². The smallest absolute Gasteiger partial charge is 0.0541 e. The van der Waals surface area contributed by atoms with Crippen LogP contribution in [0.3, 0.4) is 0 Å². The summed E-state index contributed by atoms with van der Waals surface area (Å²) in [5.41, 5.74) is 17.5. The minimum absolute atomic E-state index is 0.0755. The number of hydrogen-bond acceptors (Lipinski definition) is 1. The highest BCUT2D eigenvalue weighted by Crippen LogP contribution is 2.54. The van der Waals surface area contributed by atoms with Crippen LogP contribution in [-0.2, 0) is 10.8 Å². The van der Waals surface area contributed by atoms with Gasteiger partial charge in [-0.1, -0.05) is 137 Å². The standard InChI is InChI=1S/C44H36N2/c1-43(2)36-21-10-12-23-38(36)46(39-24-13-11-22-37(39)43)31-26-29(28-15-6-5-7-16-28)25-30(27-31)32-18-14-19-34-40-42(45-41(32)34)33-17-8-9-20-35(33)44(40,3)4/h5-27,45H,1-4H3. The van der Waals surface area contributed by atoms with Crippen LogP contribution in [-0.4, -0.2) is 4.98 Å². The third-order valence-corrected chi connectivity index (χ3v) is 10.6. The fourth-order valence-electron chi connectivity index (χ4n) is 8.33. The van der Waals surface area contributed by atoms with E-state index in [0.717, 1.165) is 5.69 Å². The van der Waals surface area contributed by atoms with E-state index >= 15 is 0 Å². The van der Waals surface area contributed by atoms with Gasteiger partial charge in [-0.15, -0.1) is 0 Å². The van der Waals surface area contributed by atoms with Gasteiger partial charge in [-0.05, 0) is 69.3 Å². The minimum Gasteiger partial charge on any atom is -0.354 e. The van der Waals surface area contributed by atoms with Crippen LogP contribution in [0, 0.1) is 0 Å². The van der Waals surface area contributed by atoms with E-state index in [4.69, 9.17) is 0 Å². The first-order valence-electron chi connectivity index (χ1n) is 16.3. The van der Waals surface area contributed by atoms with Crippen molar-refractivity contribution in [3.8, 4) is 33.5 Å². The molecule has 0 bridgehead atoms. The monoisotopic (exact) mass is 592 g/mol. The molecule has 46 heavy (non-hydrogen) atoms. The Labute approximate surface area is 271 Å². The Morgan fingerprint density at radius 3 is 1.78 bits per heavy atom. The first-order valence-corrected chi connectivity index (χ1v) is 16.3. The summed E-state index contributed by atoms with van der Waals surface area (Å²) in [5, 5.41) is 1.30. The molecule has 0 saturated carbocycles. The van der Waals surface area contributed by atoms with Gasteiger partial charge in [-0.2, -0.15) is 0 Å². The SMILES string of the molecule is CC1(C)c2ccccc2N(c2cc(-c3ccccc3)cc(-c3cccc4c5c([nH]c34)-c3ccccc3C5(C)C)c2)c2ccccc21. The van der Waals surface area contributed by atoms with Crippen molar-refractivity contribution in [2.45, 2.75) is 38.5 Å². The van der Waals surface area contributed by atoms with E-state index in [9.17, 15) is 0 Å². The molecule has 2 heterocycles. The molecule has 0 atom stereocenters. The van der Waals surface area contributed by atoms with Crippen LogP contribution in [0.5, 0.6) is 0 Å². The molecular weight excluding hydrogens is 556 g/mol. The number of aromatic nitrogens is 1. The number of nitrogens with zero attached hydrogens (tertiary/aromatic N) is 1. The average molecular weight is 593 g/mol. The van der Waals surface area contributed by atoms with Crippen LogP contribution >= 0.6 is 0 Å². The van der Waals surface area contributed by atoms with E-state index in [1.165, 1.54) is 78.0 Å². The molecule has 1 aromatic heterocycles. The Balaban J connectivity index is 1.32. The van der Waals surface area contributed by atoms with Crippen molar-refractivity contribution in [3.63, 3.8) is 0 Å². The Bertz CT molecular complexity index is 2270. The van der Waals surface area contributed by atoms with Gasteiger partial charge in [-0.25, -0.2) is 0 Å². The molecule has 1 aliphatic carbocycles. The van der Waals surface area contributed by atoms with E-state index in [1.807, 2.05) is 0 Å². The van der Waals surface area contributed by atoms with Crippen LogP contribution in [0.15, 0.2) is 140 Å². The molecule has 0 unspecified atom stereocenters. The molecule has 6 aromatic carbocycles. The lowest BCUT2D eigenvalue weighted by Crippen LogP contribution is -2.30. The fraction of sp³-hybridized carbons (Fsp3) is 0.136. The number of anilines is 3. The van der Waals surface area contributed by atoms with Gasteiger partial charge < -0.3 is 9.88 Å². The first kappa shape index (κ1) is 27.0. The Kier molecular flexibility index (Phi) is 5.63. The summed E-state index contributed by atoms with van der Waals surface area (Å²) in [6.45, 7) is 9.41. The number of fused-ring (bicyclic) bond motifs is 7. The zero-order valence-electron chi connectivity index (χ0n) is 26.7. The molecule has 222 valence electrons. The van der Waals surface area contributed by atoms with E-state index in [2.05, 4.69) is 177 Å². The van der Waals surface area contributed by atoms with Crippen LogP contribution in [0.25, 0.3) is 44.4 Å². The van der Waals surface area contributed by atoms with Crippen LogP contribution in [0.1, 0.15) is 49.9 Å². The molecule has 2 nitrogen and oxygen atoms in total. The summed E-state index contributed by atoms with van der Waals surface area (Å²) in [5.74, 6) is 0. The maximum Gasteiger partial charge on any atom is 0.0541 e. The lowest BCUT2D eigenvalue weighted by atomic mass is 9.73. The van der Waals surface area contributed by atoms with E-state index in [1.54, 1.807) is 0 Å². The number of aromatic amines is 1. The summed E-state index contributed by atoms with van der Waals surface area (Å²) in [7, 11) is 0. The Morgan fingerprint density at radius 2 is 1.07 bits per heavy atom. The Morgan fingerprint density at radius 1 is 0.478 bits per heavy atom. The molecule has 0 spiro atoms. The van der Waals surface area contributed by atoms with Gasteiger partial charge in [0.1, 0.15) is 0 Å². The highest BCUT2D eigenvalue weighted by molar-refractivity contribution is 6.04. The quantitative estimate of drug-likeness (QED) is 0.216. The second kappa shape index (κ2) is 9.58. The third kappa shape index (κ3) is 3.70. The van der Waals surface area contributed by atoms with Crippen molar-refractivity contribution in [1.82, 2.24) is 4.98 Å². The topological polar surface area (TPSA) is 19.0 Å². The summed E-state index contributed by atoms with van der Waals surface area (Å²) >= 11 is 0. The van der Waals surface area contributed by atoms with Gasteiger partial charge in [0.2, 0.25) is 0 Å². The van der Waals surface area contributed by atoms with Crippen LogP contribution in [0.2, 0.25) is 0 Å². The molecule has 1 aliphatic heterocycles. The van der Waals surface area contributed by atoms with Gasteiger partial charge in [0.25, 0.3) is 0 Å². The van der Waals surface area contributed by atoms with E-state index in [-0.39, 0.29) is 10.8 Å². The first-order chi connectivity index (χ1) is 22.3. The molecule has 0 radical (unpaired) electrons. The Hall–Kier alpha value is -5.34. The van der Waals surface area contributed by atoms with Crippen LogP contribution < -0.4 is 4.90 Å². The average Bonchev–Trinajstić information content (AvgIpc) is 3.59. The minimum atomic E-state index is -0.108. The number of para-hydroxylation sites is 3. The lowest BCUT2D eigenvalue weighted by Gasteiger charge is -2.42. The largest absolute Gasteiger partial charge is 0.354 e. The zero-order chi connectivity index (χ0) is 31.2. The third-order valence-electron chi connectivity index (χ3n) is 10.6. The predicted octanol–water partition coefficient (Wildman–Crippen LogP) is 11.9. The van der Waals surface area contributed by atoms with Crippen molar-refractivity contribution in [3.05, 3.63) is 162 Å². The second-order valence-electron chi connectivity index (χ2n) is 13.9. The fourth-order valence-corrected chi connectivity index (χ4v) is 8.33. The second-order valence-corrected chi connectivity index (χ2v) is 13.9. The van der Waals surface area contributed by atoms with E-state index < -0.39 is 0 Å². The molecular formula is C44H36N2. The molecule has 2 aliphatic rings. The normalized spacial score (nSPS) is 15.3. The van der Waals surface area contributed by atoms with Crippen LogP contribution in [0.4, 0.5) is 17.1 Å². The summed E-state index contributed by atoms with van der Waals surface area (Å²) < 4.78 is 0. The summed E-state index contributed by atoms with van der Waals surface area (Å²) in [6, 6.07) is 51.4. The van der Waals surface area contributed by atoms with Crippen molar-refractivity contribution in [2.24, 2.45) is 0 Å². The van der Waals surface area contributed by atoms with Gasteiger partial charge in [0.05, 0.1) is 22.6 Å². The molecule has 9 rings (SSSR count). The highest BCUT2D eigenvalue weighted by Gasteiger charge is 2.39.